The first kappa shape index (κ1) is 18.5. The Morgan fingerprint density at radius 3 is 2.85 bits per heavy atom. The molecule has 1 saturated heterocycles. The van der Waals surface area contributed by atoms with Gasteiger partial charge in [-0.05, 0) is 25.8 Å². The number of aryl methyl sites for hydroxylation is 1. The number of piperidine rings is 1. The zero-order valence-electron chi connectivity index (χ0n) is 15.0. The van der Waals surface area contributed by atoms with Gasteiger partial charge in [-0.25, -0.2) is 9.48 Å². The van der Waals surface area contributed by atoms with Gasteiger partial charge in [-0.2, -0.15) is 0 Å². The van der Waals surface area contributed by atoms with E-state index < -0.39 is 10.9 Å². The Balaban J connectivity index is 1.82. The van der Waals surface area contributed by atoms with Crippen molar-refractivity contribution in [1.82, 2.24) is 19.9 Å². The van der Waals surface area contributed by atoms with Crippen LogP contribution < -0.4 is 0 Å². The number of ether oxygens (including phenoxy) is 1. The van der Waals surface area contributed by atoms with E-state index in [1.54, 1.807) is 24.0 Å². The van der Waals surface area contributed by atoms with Gasteiger partial charge in [-0.1, -0.05) is 17.3 Å². The lowest BCUT2D eigenvalue weighted by atomic mass is 10.0. The lowest BCUT2D eigenvalue weighted by molar-refractivity contribution is -0.385. The minimum Gasteiger partial charge on any atom is -0.464 e. The first-order valence-electron chi connectivity index (χ1n) is 8.45. The molecule has 142 valence electrons. The first-order chi connectivity index (χ1) is 12.9. The summed E-state index contributed by atoms with van der Waals surface area (Å²) < 4.78 is 6.16. The maximum absolute atomic E-state index is 12.9. The molecule has 3 rings (SSSR count). The number of carbonyl (C=O) groups is 2. The quantitative estimate of drug-likeness (QED) is 0.455. The van der Waals surface area contributed by atoms with Crippen LogP contribution in [0.15, 0.2) is 24.4 Å². The van der Waals surface area contributed by atoms with E-state index in [0.29, 0.717) is 25.1 Å². The molecule has 1 amide bonds. The topological polar surface area (TPSA) is 120 Å². The van der Waals surface area contributed by atoms with Gasteiger partial charge >= 0.3 is 5.97 Å². The molecule has 1 aromatic carbocycles. The second-order valence-corrected chi connectivity index (χ2v) is 6.35. The minimum absolute atomic E-state index is 0.0782. The van der Waals surface area contributed by atoms with Gasteiger partial charge in [0.1, 0.15) is 5.56 Å². The smallest absolute Gasteiger partial charge is 0.360 e. The van der Waals surface area contributed by atoms with Crippen molar-refractivity contribution in [2.75, 3.05) is 20.2 Å². The number of hydrogen-bond donors (Lipinski definition) is 0. The van der Waals surface area contributed by atoms with Crippen LogP contribution in [0.1, 0.15) is 45.3 Å². The second-order valence-electron chi connectivity index (χ2n) is 6.35. The fourth-order valence-corrected chi connectivity index (χ4v) is 3.25. The predicted molar refractivity (Wildman–Crippen MR) is 93.4 cm³/mol. The van der Waals surface area contributed by atoms with Crippen LogP contribution in [-0.2, 0) is 4.74 Å². The van der Waals surface area contributed by atoms with E-state index in [9.17, 15) is 19.7 Å². The molecule has 10 nitrogen and oxygen atoms in total. The number of rotatable bonds is 4. The summed E-state index contributed by atoms with van der Waals surface area (Å²) >= 11 is 0. The van der Waals surface area contributed by atoms with Gasteiger partial charge in [0, 0.05) is 18.7 Å². The highest BCUT2D eigenvalue weighted by molar-refractivity contribution is 5.98. The molecule has 1 atom stereocenters. The van der Waals surface area contributed by atoms with E-state index in [1.165, 1.54) is 24.1 Å². The summed E-state index contributed by atoms with van der Waals surface area (Å²) in [6.45, 7) is 2.44. The zero-order chi connectivity index (χ0) is 19.6. The molecule has 0 N–H and O–H groups in total. The number of methoxy groups -OCH3 is 1. The van der Waals surface area contributed by atoms with Crippen molar-refractivity contribution in [3.8, 4) is 0 Å². The van der Waals surface area contributed by atoms with E-state index in [2.05, 4.69) is 15.0 Å². The number of likely N-dealkylation sites (tertiary alicyclic amines) is 1. The summed E-state index contributed by atoms with van der Waals surface area (Å²) in [5, 5.41) is 19.1. The van der Waals surface area contributed by atoms with Gasteiger partial charge in [0.25, 0.3) is 11.6 Å². The third-order valence-electron chi connectivity index (χ3n) is 4.61. The normalized spacial score (nSPS) is 16.8. The van der Waals surface area contributed by atoms with Gasteiger partial charge in [-0.3, -0.25) is 14.9 Å². The molecular formula is C17H19N5O5. The van der Waals surface area contributed by atoms with Crippen LogP contribution in [0.4, 0.5) is 5.69 Å². The summed E-state index contributed by atoms with van der Waals surface area (Å²) in [6, 6.07) is 4.55. The Bertz CT molecular complexity index is 894. The monoisotopic (exact) mass is 373 g/mol. The van der Waals surface area contributed by atoms with Gasteiger partial charge in [0.2, 0.25) is 0 Å². The summed E-state index contributed by atoms with van der Waals surface area (Å²) in [5.74, 6) is -0.969. The van der Waals surface area contributed by atoms with Crippen LogP contribution in [0, 0.1) is 17.0 Å². The lowest BCUT2D eigenvalue weighted by Gasteiger charge is -2.32. The van der Waals surface area contributed by atoms with Gasteiger partial charge in [-0.15, -0.1) is 5.10 Å². The van der Waals surface area contributed by atoms with Crippen molar-refractivity contribution in [3.05, 3.63) is 51.3 Å². The van der Waals surface area contributed by atoms with Crippen molar-refractivity contribution >= 4 is 17.6 Å². The minimum atomic E-state index is -0.583. The summed E-state index contributed by atoms with van der Waals surface area (Å²) in [5.41, 5.74) is 0.446. The molecule has 1 fully saturated rings. The SMILES string of the molecule is COC(=O)c1cn([C@H]2CCCN(C(=O)c3cccc(C)c3[N+](=O)[O-])C2)nn1. The molecule has 2 aromatic rings. The number of nitro groups is 1. The summed E-state index contributed by atoms with van der Waals surface area (Å²) in [6.07, 6.45) is 2.95. The third-order valence-corrected chi connectivity index (χ3v) is 4.61. The highest BCUT2D eigenvalue weighted by Crippen LogP contribution is 2.27. The lowest BCUT2D eigenvalue weighted by Crippen LogP contribution is -2.41. The highest BCUT2D eigenvalue weighted by atomic mass is 16.6. The number of nitrogens with zero attached hydrogens (tertiary/aromatic N) is 5. The fourth-order valence-electron chi connectivity index (χ4n) is 3.25. The molecule has 2 heterocycles. The predicted octanol–water partition coefficient (Wildman–Crippen LogP) is 1.76. The summed E-state index contributed by atoms with van der Waals surface area (Å²) in [4.78, 5) is 36.9. The molecule has 0 radical (unpaired) electrons. The van der Waals surface area contributed by atoms with E-state index in [4.69, 9.17) is 0 Å². The largest absolute Gasteiger partial charge is 0.464 e. The average molecular weight is 373 g/mol. The van der Waals surface area contributed by atoms with Gasteiger partial charge in [0.05, 0.1) is 24.3 Å². The number of benzene rings is 1. The zero-order valence-corrected chi connectivity index (χ0v) is 15.0. The number of para-hydroxylation sites is 1. The van der Waals surface area contributed by atoms with E-state index in [1.807, 2.05) is 0 Å². The number of amides is 1. The Kier molecular flexibility index (Phi) is 5.15. The van der Waals surface area contributed by atoms with Crippen molar-refractivity contribution in [3.63, 3.8) is 0 Å². The third kappa shape index (κ3) is 3.64. The van der Waals surface area contributed by atoms with Gasteiger partial charge < -0.3 is 9.64 Å². The Hall–Kier alpha value is -3.30. The van der Waals surface area contributed by atoms with Crippen molar-refractivity contribution in [2.24, 2.45) is 0 Å². The molecule has 1 aliphatic rings. The standard InChI is InChI=1S/C17H19N5O5/c1-11-5-3-7-13(15(11)22(25)26)16(23)20-8-4-6-12(9-20)21-10-14(18-19-21)17(24)27-2/h3,5,7,10,12H,4,6,8-9H2,1-2H3/t12-/m0/s1. The number of hydrogen-bond acceptors (Lipinski definition) is 7. The molecule has 0 unspecified atom stereocenters. The molecule has 0 aliphatic carbocycles. The molecule has 27 heavy (non-hydrogen) atoms. The Labute approximate surface area is 154 Å². The maximum Gasteiger partial charge on any atom is 0.360 e. The van der Waals surface area contributed by atoms with Crippen LogP contribution >= 0.6 is 0 Å². The fraction of sp³-hybridized carbons (Fsp3) is 0.412. The molecule has 10 heteroatoms. The molecular weight excluding hydrogens is 354 g/mol. The molecule has 0 spiro atoms. The number of esters is 1. The van der Waals surface area contributed by atoms with Crippen molar-refractivity contribution in [1.29, 1.82) is 0 Å². The average Bonchev–Trinajstić information content (AvgIpc) is 3.16. The number of aromatic nitrogens is 3. The number of carbonyl (C=O) groups excluding carboxylic acids is 2. The molecule has 0 saturated carbocycles. The maximum atomic E-state index is 12.9. The van der Waals surface area contributed by atoms with E-state index in [0.717, 1.165) is 6.42 Å². The van der Waals surface area contributed by atoms with Crippen molar-refractivity contribution < 1.29 is 19.2 Å². The summed E-state index contributed by atoms with van der Waals surface area (Å²) in [7, 11) is 1.26. The Morgan fingerprint density at radius 2 is 2.15 bits per heavy atom. The van der Waals surface area contributed by atoms with E-state index in [-0.39, 0.29) is 28.9 Å². The van der Waals surface area contributed by atoms with Crippen LogP contribution in [0.2, 0.25) is 0 Å². The second kappa shape index (κ2) is 7.52. The number of nitro benzene ring substituents is 1. The van der Waals surface area contributed by atoms with Crippen LogP contribution in [0.3, 0.4) is 0 Å². The molecule has 1 aliphatic heterocycles. The van der Waals surface area contributed by atoms with Crippen molar-refractivity contribution in [2.45, 2.75) is 25.8 Å². The van der Waals surface area contributed by atoms with E-state index >= 15 is 0 Å². The highest BCUT2D eigenvalue weighted by Gasteiger charge is 2.31. The van der Waals surface area contributed by atoms with Gasteiger partial charge in [0.15, 0.2) is 5.69 Å². The Morgan fingerprint density at radius 1 is 1.37 bits per heavy atom. The molecule has 0 bridgehead atoms. The first-order valence-corrected chi connectivity index (χ1v) is 8.45. The van der Waals surface area contributed by atoms with Crippen LogP contribution in [0.25, 0.3) is 0 Å². The van der Waals surface area contributed by atoms with Crippen LogP contribution in [0.5, 0.6) is 0 Å². The molecule has 1 aromatic heterocycles. The van der Waals surface area contributed by atoms with Crippen LogP contribution in [-0.4, -0.2) is 56.9 Å².